The highest BCUT2D eigenvalue weighted by molar-refractivity contribution is 5.86. The molecule has 1 heterocycles. The number of hydrogen-bond donors (Lipinski definition) is 2. The molecule has 0 unspecified atom stereocenters. The fourth-order valence-corrected chi connectivity index (χ4v) is 2.55. The van der Waals surface area contributed by atoms with Gasteiger partial charge in [-0.15, -0.1) is 0 Å². The van der Waals surface area contributed by atoms with E-state index in [4.69, 9.17) is 15.2 Å². The Labute approximate surface area is 138 Å². The van der Waals surface area contributed by atoms with Gasteiger partial charge in [-0.25, -0.2) is 0 Å². The first-order chi connectivity index (χ1) is 10.7. The Morgan fingerprint density at radius 3 is 2.61 bits per heavy atom. The fourth-order valence-electron chi connectivity index (χ4n) is 2.55. The minimum atomic E-state index is -0.825. The van der Waals surface area contributed by atoms with E-state index in [0.717, 1.165) is 16.9 Å². The molecule has 0 radical (unpaired) electrons. The van der Waals surface area contributed by atoms with Gasteiger partial charge in [-0.3, -0.25) is 4.79 Å². The molecule has 23 heavy (non-hydrogen) atoms. The highest BCUT2D eigenvalue weighted by atomic mass is 16.5. The van der Waals surface area contributed by atoms with Gasteiger partial charge in [0.05, 0.1) is 5.54 Å². The highest BCUT2D eigenvalue weighted by Gasteiger charge is 2.35. The Hall–Kier alpha value is -1.59. The third-order valence-corrected chi connectivity index (χ3v) is 3.92. The Morgan fingerprint density at radius 2 is 2.00 bits per heavy atom. The number of rotatable bonds is 4. The molecule has 5 heteroatoms. The van der Waals surface area contributed by atoms with Gasteiger partial charge in [0.1, 0.15) is 11.4 Å². The summed E-state index contributed by atoms with van der Waals surface area (Å²) in [5.41, 5.74) is 7.17. The minimum absolute atomic E-state index is 0.122. The van der Waals surface area contributed by atoms with Crippen LogP contribution in [0.5, 0.6) is 5.75 Å². The lowest BCUT2D eigenvalue weighted by Gasteiger charge is -2.32. The highest BCUT2D eigenvalue weighted by Crippen LogP contribution is 2.25. The molecule has 3 N–H and O–H groups in total. The summed E-state index contributed by atoms with van der Waals surface area (Å²) in [6, 6.07) is 6.01. The number of carbonyl (C=O) groups excluding carboxylic acids is 1. The molecule has 1 aliphatic rings. The molecule has 1 saturated heterocycles. The van der Waals surface area contributed by atoms with Crippen LogP contribution in [0.1, 0.15) is 44.7 Å². The van der Waals surface area contributed by atoms with Crippen molar-refractivity contribution in [3.05, 3.63) is 29.3 Å². The molecule has 128 valence electrons. The maximum atomic E-state index is 12.4. The fraction of sp³-hybridized carbons (Fsp3) is 0.611. The predicted molar refractivity (Wildman–Crippen MR) is 90.4 cm³/mol. The lowest BCUT2D eigenvalue weighted by atomic mass is 9.90. The average Bonchev–Trinajstić information content (AvgIpc) is 2.45. The monoisotopic (exact) mass is 320 g/mol. The summed E-state index contributed by atoms with van der Waals surface area (Å²) in [4.78, 5) is 12.4. The van der Waals surface area contributed by atoms with Crippen LogP contribution in [0.25, 0.3) is 0 Å². The van der Waals surface area contributed by atoms with Crippen molar-refractivity contribution in [2.24, 2.45) is 5.73 Å². The van der Waals surface area contributed by atoms with E-state index >= 15 is 0 Å². The average molecular weight is 320 g/mol. The lowest BCUT2D eigenvalue weighted by molar-refractivity contribution is -0.129. The van der Waals surface area contributed by atoms with Gasteiger partial charge in [0.2, 0.25) is 5.91 Å². The first kappa shape index (κ1) is 17.8. The van der Waals surface area contributed by atoms with E-state index in [1.807, 2.05) is 45.9 Å². The van der Waals surface area contributed by atoms with Crippen LogP contribution >= 0.6 is 0 Å². The van der Waals surface area contributed by atoms with Crippen molar-refractivity contribution in [1.82, 2.24) is 5.32 Å². The zero-order chi connectivity index (χ0) is 17.1. The molecule has 1 aromatic rings. The number of carbonyl (C=O) groups is 1. The maximum Gasteiger partial charge on any atom is 0.240 e. The van der Waals surface area contributed by atoms with Crippen molar-refractivity contribution in [1.29, 1.82) is 0 Å². The molecule has 0 saturated carbocycles. The molecular formula is C18H28N2O3. The third kappa shape index (κ3) is 4.94. The van der Waals surface area contributed by atoms with Gasteiger partial charge >= 0.3 is 0 Å². The van der Waals surface area contributed by atoms with E-state index in [1.54, 1.807) is 0 Å². The molecule has 0 aromatic heterocycles. The Morgan fingerprint density at radius 1 is 1.35 bits per heavy atom. The van der Waals surface area contributed by atoms with Crippen molar-refractivity contribution in [3.8, 4) is 5.75 Å². The normalized spacial score (nSPS) is 17.6. The van der Waals surface area contributed by atoms with Crippen LogP contribution in [0.3, 0.4) is 0 Å². The van der Waals surface area contributed by atoms with Gasteiger partial charge in [0, 0.05) is 25.3 Å². The third-order valence-electron chi connectivity index (χ3n) is 3.92. The smallest absolute Gasteiger partial charge is 0.240 e. The predicted octanol–water partition coefficient (Wildman–Crippen LogP) is 2.30. The van der Waals surface area contributed by atoms with Gasteiger partial charge in [0.25, 0.3) is 0 Å². The molecule has 1 aromatic carbocycles. The lowest BCUT2D eigenvalue weighted by Crippen LogP contribution is -2.56. The number of ether oxygens (including phenoxy) is 2. The largest absolute Gasteiger partial charge is 0.488 e. The van der Waals surface area contributed by atoms with E-state index in [2.05, 4.69) is 5.32 Å². The van der Waals surface area contributed by atoms with Crippen LogP contribution in [0.15, 0.2) is 18.2 Å². The quantitative estimate of drug-likeness (QED) is 0.893. The molecule has 0 atom stereocenters. The van der Waals surface area contributed by atoms with E-state index in [-0.39, 0.29) is 11.5 Å². The van der Waals surface area contributed by atoms with E-state index in [0.29, 0.717) is 32.6 Å². The van der Waals surface area contributed by atoms with Crippen LogP contribution in [-0.2, 0) is 16.1 Å². The number of benzene rings is 1. The zero-order valence-corrected chi connectivity index (χ0v) is 14.6. The van der Waals surface area contributed by atoms with Crippen molar-refractivity contribution in [2.45, 2.75) is 58.2 Å². The SMILES string of the molecule is Cc1ccc(CNC(=O)C2(N)CCOCC2)c(OC(C)(C)C)c1. The summed E-state index contributed by atoms with van der Waals surface area (Å²) in [5, 5.41) is 2.96. The van der Waals surface area contributed by atoms with E-state index in [9.17, 15) is 4.79 Å². The van der Waals surface area contributed by atoms with Gasteiger partial charge < -0.3 is 20.5 Å². The van der Waals surface area contributed by atoms with Crippen LogP contribution < -0.4 is 15.8 Å². The van der Waals surface area contributed by atoms with E-state index < -0.39 is 5.54 Å². The number of nitrogens with one attached hydrogen (secondary N) is 1. The summed E-state index contributed by atoms with van der Waals surface area (Å²) < 4.78 is 11.3. The number of aryl methyl sites for hydroxylation is 1. The van der Waals surface area contributed by atoms with Crippen molar-refractivity contribution < 1.29 is 14.3 Å². The van der Waals surface area contributed by atoms with Crippen molar-refractivity contribution >= 4 is 5.91 Å². The van der Waals surface area contributed by atoms with Crippen LogP contribution in [0.4, 0.5) is 0 Å². The maximum absolute atomic E-state index is 12.4. The summed E-state index contributed by atoms with van der Waals surface area (Å²) in [5.74, 6) is 0.680. The molecule has 5 nitrogen and oxygen atoms in total. The van der Waals surface area contributed by atoms with Crippen LogP contribution in [-0.4, -0.2) is 30.3 Å². The van der Waals surface area contributed by atoms with Crippen molar-refractivity contribution in [2.75, 3.05) is 13.2 Å². The topological polar surface area (TPSA) is 73.6 Å². The number of hydrogen-bond acceptors (Lipinski definition) is 4. The van der Waals surface area contributed by atoms with Crippen molar-refractivity contribution in [3.63, 3.8) is 0 Å². The Bertz CT molecular complexity index is 558. The molecule has 1 amide bonds. The summed E-state index contributed by atoms with van der Waals surface area (Å²) in [7, 11) is 0. The van der Waals surface area contributed by atoms with Gasteiger partial charge in [-0.1, -0.05) is 12.1 Å². The zero-order valence-electron chi connectivity index (χ0n) is 14.6. The van der Waals surface area contributed by atoms with E-state index in [1.165, 1.54) is 0 Å². The Balaban J connectivity index is 2.06. The number of nitrogens with two attached hydrogens (primary N) is 1. The summed E-state index contributed by atoms with van der Waals surface area (Å²) in [6.07, 6.45) is 1.11. The first-order valence-electron chi connectivity index (χ1n) is 8.13. The van der Waals surface area contributed by atoms with Gasteiger partial charge in [0.15, 0.2) is 0 Å². The second-order valence-corrected chi connectivity index (χ2v) is 7.28. The molecule has 0 aliphatic carbocycles. The molecule has 2 rings (SSSR count). The molecule has 1 aliphatic heterocycles. The Kier molecular flexibility index (Phi) is 5.32. The second kappa shape index (κ2) is 6.89. The summed E-state index contributed by atoms with van der Waals surface area (Å²) >= 11 is 0. The summed E-state index contributed by atoms with van der Waals surface area (Å²) in [6.45, 7) is 9.52. The molecular weight excluding hydrogens is 292 g/mol. The molecule has 0 bridgehead atoms. The second-order valence-electron chi connectivity index (χ2n) is 7.28. The number of amides is 1. The first-order valence-corrected chi connectivity index (χ1v) is 8.13. The van der Waals surface area contributed by atoms with Gasteiger partial charge in [-0.05, 0) is 52.2 Å². The molecule has 0 spiro atoms. The van der Waals surface area contributed by atoms with Gasteiger partial charge in [-0.2, -0.15) is 0 Å². The van der Waals surface area contributed by atoms with Crippen LogP contribution in [0, 0.1) is 6.92 Å². The molecule has 1 fully saturated rings. The van der Waals surface area contributed by atoms with Crippen LogP contribution in [0.2, 0.25) is 0 Å². The minimum Gasteiger partial charge on any atom is -0.488 e. The standard InChI is InChI=1S/C18H28N2O3/c1-13-5-6-14(15(11-13)23-17(2,3)4)12-20-16(21)18(19)7-9-22-10-8-18/h5-6,11H,7-10,12,19H2,1-4H3,(H,20,21).